The standard InChI is InChI=1S/C22H18ClN5OS/c1-15-7-8-17(13-19(15)23)25-20(29)14-30-22-27-26-21(16-9-11-24-12-10-16)28(22)18-5-3-2-4-6-18/h2-13H,14H2,1H3,(H,25,29). The van der Waals surface area contributed by atoms with Crippen LogP contribution in [0.5, 0.6) is 0 Å². The van der Waals surface area contributed by atoms with Gasteiger partial charge in [-0.25, -0.2) is 0 Å². The molecular formula is C22H18ClN5OS. The van der Waals surface area contributed by atoms with Gasteiger partial charge in [-0.05, 0) is 48.9 Å². The van der Waals surface area contributed by atoms with E-state index < -0.39 is 0 Å². The van der Waals surface area contributed by atoms with Crippen molar-refractivity contribution in [2.45, 2.75) is 12.1 Å². The van der Waals surface area contributed by atoms with Gasteiger partial charge in [-0.1, -0.05) is 47.6 Å². The van der Waals surface area contributed by atoms with E-state index in [4.69, 9.17) is 11.6 Å². The van der Waals surface area contributed by atoms with Crippen LogP contribution in [-0.4, -0.2) is 31.4 Å². The second kappa shape index (κ2) is 9.11. The van der Waals surface area contributed by atoms with Gasteiger partial charge in [-0.3, -0.25) is 14.3 Å². The molecule has 0 atom stereocenters. The lowest BCUT2D eigenvalue weighted by molar-refractivity contribution is -0.113. The number of nitrogens with zero attached hydrogens (tertiary/aromatic N) is 4. The van der Waals surface area contributed by atoms with Crippen molar-refractivity contribution in [3.63, 3.8) is 0 Å². The molecule has 8 heteroatoms. The molecule has 2 heterocycles. The zero-order valence-corrected chi connectivity index (χ0v) is 17.7. The number of pyridine rings is 1. The van der Waals surface area contributed by atoms with Crippen molar-refractivity contribution in [1.29, 1.82) is 0 Å². The van der Waals surface area contributed by atoms with Crippen LogP contribution < -0.4 is 5.32 Å². The van der Waals surface area contributed by atoms with Gasteiger partial charge in [-0.2, -0.15) is 0 Å². The maximum atomic E-state index is 12.5. The topological polar surface area (TPSA) is 72.7 Å². The number of benzene rings is 2. The molecule has 150 valence electrons. The fourth-order valence-electron chi connectivity index (χ4n) is 2.86. The highest BCUT2D eigenvalue weighted by molar-refractivity contribution is 7.99. The Labute approximate surface area is 183 Å². The molecule has 0 spiro atoms. The summed E-state index contributed by atoms with van der Waals surface area (Å²) in [7, 11) is 0. The zero-order chi connectivity index (χ0) is 20.9. The molecule has 2 aromatic carbocycles. The van der Waals surface area contributed by atoms with Crippen molar-refractivity contribution in [2.75, 3.05) is 11.1 Å². The molecule has 2 aromatic heterocycles. The molecule has 1 N–H and O–H groups in total. The summed E-state index contributed by atoms with van der Waals surface area (Å²) in [6.07, 6.45) is 3.43. The molecule has 0 unspecified atom stereocenters. The monoisotopic (exact) mass is 435 g/mol. The van der Waals surface area contributed by atoms with E-state index in [9.17, 15) is 4.79 Å². The first kappa shape index (κ1) is 20.1. The number of anilines is 1. The second-order valence-electron chi connectivity index (χ2n) is 6.51. The van der Waals surface area contributed by atoms with E-state index in [1.807, 2.05) is 66.1 Å². The molecule has 1 amide bonds. The van der Waals surface area contributed by atoms with Gasteiger partial charge in [0.2, 0.25) is 5.91 Å². The van der Waals surface area contributed by atoms with Crippen LogP contribution in [0.2, 0.25) is 5.02 Å². The fourth-order valence-corrected chi connectivity index (χ4v) is 3.79. The van der Waals surface area contributed by atoms with Crippen LogP contribution in [0.4, 0.5) is 5.69 Å². The molecule has 0 saturated heterocycles. The van der Waals surface area contributed by atoms with Crippen LogP contribution in [0.25, 0.3) is 17.1 Å². The molecule has 4 rings (SSSR count). The number of aromatic nitrogens is 4. The van der Waals surface area contributed by atoms with E-state index in [-0.39, 0.29) is 11.7 Å². The smallest absolute Gasteiger partial charge is 0.234 e. The van der Waals surface area contributed by atoms with Gasteiger partial charge in [0, 0.05) is 34.4 Å². The summed E-state index contributed by atoms with van der Waals surface area (Å²) in [5.41, 5.74) is 3.44. The Morgan fingerprint density at radius 2 is 1.83 bits per heavy atom. The van der Waals surface area contributed by atoms with Gasteiger partial charge in [0.05, 0.1) is 5.75 Å². The average molecular weight is 436 g/mol. The summed E-state index contributed by atoms with van der Waals surface area (Å²) in [5, 5.41) is 12.8. The zero-order valence-electron chi connectivity index (χ0n) is 16.1. The number of aryl methyl sites for hydroxylation is 1. The molecule has 0 saturated carbocycles. The van der Waals surface area contributed by atoms with E-state index in [0.29, 0.717) is 21.7 Å². The van der Waals surface area contributed by atoms with Crippen LogP contribution >= 0.6 is 23.4 Å². The van der Waals surface area contributed by atoms with Crippen LogP contribution in [-0.2, 0) is 4.79 Å². The fraction of sp³-hybridized carbons (Fsp3) is 0.0909. The van der Waals surface area contributed by atoms with Gasteiger partial charge in [-0.15, -0.1) is 10.2 Å². The van der Waals surface area contributed by atoms with Gasteiger partial charge < -0.3 is 5.32 Å². The molecular weight excluding hydrogens is 418 g/mol. The maximum Gasteiger partial charge on any atom is 0.234 e. The molecule has 30 heavy (non-hydrogen) atoms. The number of amides is 1. The van der Waals surface area contributed by atoms with Gasteiger partial charge >= 0.3 is 0 Å². The quantitative estimate of drug-likeness (QED) is 0.430. The lowest BCUT2D eigenvalue weighted by Crippen LogP contribution is -2.14. The minimum atomic E-state index is -0.145. The number of hydrogen-bond acceptors (Lipinski definition) is 5. The summed E-state index contributed by atoms with van der Waals surface area (Å²) in [6.45, 7) is 1.92. The summed E-state index contributed by atoms with van der Waals surface area (Å²) in [4.78, 5) is 16.5. The lowest BCUT2D eigenvalue weighted by atomic mass is 10.2. The highest BCUT2D eigenvalue weighted by Gasteiger charge is 2.17. The Balaban J connectivity index is 1.56. The molecule has 0 aliphatic rings. The summed E-state index contributed by atoms with van der Waals surface area (Å²) < 4.78 is 1.94. The first-order valence-corrected chi connectivity index (χ1v) is 10.6. The minimum absolute atomic E-state index is 0.145. The predicted octanol–water partition coefficient (Wildman–Crippen LogP) is 5.02. The first-order chi connectivity index (χ1) is 14.6. The molecule has 0 radical (unpaired) electrons. The predicted molar refractivity (Wildman–Crippen MR) is 120 cm³/mol. The third-order valence-electron chi connectivity index (χ3n) is 4.37. The van der Waals surface area contributed by atoms with Crippen LogP contribution in [0, 0.1) is 6.92 Å². The number of halogens is 1. The Morgan fingerprint density at radius 3 is 2.57 bits per heavy atom. The summed E-state index contributed by atoms with van der Waals surface area (Å²) in [5.74, 6) is 0.733. The van der Waals surface area contributed by atoms with Gasteiger partial charge in [0.25, 0.3) is 0 Å². The summed E-state index contributed by atoms with van der Waals surface area (Å²) >= 11 is 7.46. The van der Waals surface area contributed by atoms with E-state index >= 15 is 0 Å². The van der Waals surface area contributed by atoms with Crippen LogP contribution in [0.15, 0.2) is 78.2 Å². The Hall–Kier alpha value is -3.16. The first-order valence-electron chi connectivity index (χ1n) is 9.22. The number of para-hydroxylation sites is 1. The van der Waals surface area contributed by atoms with E-state index in [1.165, 1.54) is 11.8 Å². The van der Waals surface area contributed by atoms with Crippen molar-refractivity contribution in [3.05, 3.63) is 83.6 Å². The van der Waals surface area contributed by atoms with Gasteiger partial charge in [0.15, 0.2) is 11.0 Å². The maximum absolute atomic E-state index is 12.5. The van der Waals surface area contributed by atoms with Crippen molar-refractivity contribution in [1.82, 2.24) is 19.7 Å². The lowest BCUT2D eigenvalue weighted by Gasteiger charge is -2.10. The summed E-state index contributed by atoms with van der Waals surface area (Å²) in [6, 6.07) is 19.0. The number of nitrogens with one attached hydrogen (secondary N) is 1. The number of thioether (sulfide) groups is 1. The van der Waals surface area contributed by atoms with Crippen molar-refractivity contribution < 1.29 is 4.79 Å². The third kappa shape index (κ3) is 4.53. The Morgan fingerprint density at radius 1 is 1.07 bits per heavy atom. The van der Waals surface area contributed by atoms with Gasteiger partial charge in [0.1, 0.15) is 0 Å². The number of hydrogen-bond donors (Lipinski definition) is 1. The van der Waals surface area contributed by atoms with Crippen molar-refractivity contribution in [3.8, 4) is 17.1 Å². The highest BCUT2D eigenvalue weighted by Crippen LogP contribution is 2.28. The van der Waals surface area contributed by atoms with E-state index in [0.717, 1.165) is 16.8 Å². The Kier molecular flexibility index (Phi) is 6.11. The molecule has 4 aromatic rings. The van der Waals surface area contributed by atoms with Crippen molar-refractivity contribution >= 4 is 35.0 Å². The average Bonchev–Trinajstić information content (AvgIpc) is 3.20. The molecule has 0 aliphatic carbocycles. The second-order valence-corrected chi connectivity index (χ2v) is 7.86. The normalized spacial score (nSPS) is 10.7. The van der Waals surface area contributed by atoms with Crippen molar-refractivity contribution in [2.24, 2.45) is 0 Å². The number of carbonyl (C=O) groups is 1. The third-order valence-corrected chi connectivity index (χ3v) is 5.71. The largest absolute Gasteiger partial charge is 0.325 e. The SMILES string of the molecule is Cc1ccc(NC(=O)CSc2nnc(-c3ccncc3)n2-c2ccccc2)cc1Cl. The van der Waals surface area contributed by atoms with Crippen LogP contribution in [0.1, 0.15) is 5.56 Å². The number of carbonyl (C=O) groups excluding carboxylic acids is 1. The molecule has 0 fully saturated rings. The number of rotatable bonds is 6. The Bertz CT molecular complexity index is 1160. The highest BCUT2D eigenvalue weighted by atomic mass is 35.5. The van der Waals surface area contributed by atoms with E-state index in [2.05, 4.69) is 20.5 Å². The molecule has 0 aliphatic heterocycles. The molecule has 6 nitrogen and oxygen atoms in total. The van der Waals surface area contributed by atoms with E-state index in [1.54, 1.807) is 18.5 Å². The minimum Gasteiger partial charge on any atom is -0.325 e. The molecule has 0 bridgehead atoms. The van der Waals surface area contributed by atoms with Crippen LogP contribution in [0.3, 0.4) is 0 Å².